The van der Waals surface area contributed by atoms with E-state index in [9.17, 15) is 4.39 Å². The van der Waals surface area contributed by atoms with Gasteiger partial charge in [0.15, 0.2) is 0 Å². The summed E-state index contributed by atoms with van der Waals surface area (Å²) in [4.78, 5) is 3.92. The standard InChI is InChI=1S/C13H13FN2O/c14-11-4-1-3-10(7-11)13(15)9-17-12-5-2-6-16-8-12/h1-8,13H,9,15H2. The molecule has 0 amide bonds. The second-order valence-corrected chi connectivity index (χ2v) is 3.66. The first-order valence-corrected chi connectivity index (χ1v) is 5.29. The van der Waals surface area contributed by atoms with Crippen LogP contribution in [0.3, 0.4) is 0 Å². The van der Waals surface area contributed by atoms with Gasteiger partial charge in [-0.2, -0.15) is 0 Å². The van der Waals surface area contributed by atoms with Crippen LogP contribution in [0.1, 0.15) is 11.6 Å². The van der Waals surface area contributed by atoms with Crippen molar-refractivity contribution in [3.05, 3.63) is 60.2 Å². The first kappa shape index (κ1) is 11.5. The monoisotopic (exact) mass is 232 g/mol. The highest BCUT2D eigenvalue weighted by molar-refractivity contribution is 5.21. The third-order valence-electron chi connectivity index (χ3n) is 2.34. The molecule has 0 saturated carbocycles. The molecule has 0 saturated heterocycles. The van der Waals surface area contributed by atoms with Crippen molar-refractivity contribution in [2.24, 2.45) is 5.73 Å². The fourth-order valence-corrected chi connectivity index (χ4v) is 1.45. The largest absolute Gasteiger partial charge is 0.490 e. The summed E-state index contributed by atoms with van der Waals surface area (Å²) in [5.41, 5.74) is 6.62. The van der Waals surface area contributed by atoms with Crippen LogP contribution in [0, 0.1) is 5.82 Å². The van der Waals surface area contributed by atoms with E-state index in [2.05, 4.69) is 4.98 Å². The van der Waals surface area contributed by atoms with E-state index >= 15 is 0 Å². The first-order valence-electron chi connectivity index (χ1n) is 5.29. The summed E-state index contributed by atoms with van der Waals surface area (Å²) in [5.74, 6) is 0.360. The van der Waals surface area contributed by atoms with E-state index in [1.807, 2.05) is 0 Å². The number of aromatic nitrogens is 1. The molecule has 88 valence electrons. The zero-order chi connectivity index (χ0) is 12.1. The van der Waals surface area contributed by atoms with E-state index in [4.69, 9.17) is 10.5 Å². The third kappa shape index (κ3) is 3.26. The molecule has 17 heavy (non-hydrogen) atoms. The van der Waals surface area contributed by atoms with Crippen molar-refractivity contribution in [2.75, 3.05) is 6.61 Å². The van der Waals surface area contributed by atoms with Gasteiger partial charge in [0, 0.05) is 6.20 Å². The molecule has 4 heteroatoms. The maximum atomic E-state index is 13.0. The minimum Gasteiger partial charge on any atom is -0.490 e. The molecule has 0 aliphatic carbocycles. The smallest absolute Gasteiger partial charge is 0.137 e. The van der Waals surface area contributed by atoms with E-state index in [1.165, 1.54) is 12.1 Å². The molecule has 2 rings (SSSR count). The maximum absolute atomic E-state index is 13.0. The molecule has 1 aromatic carbocycles. The normalized spacial score (nSPS) is 12.1. The van der Waals surface area contributed by atoms with Crippen LogP contribution in [0.25, 0.3) is 0 Å². The molecule has 0 aliphatic heterocycles. The molecule has 3 nitrogen and oxygen atoms in total. The van der Waals surface area contributed by atoms with Gasteiger partial charge in [-0.05, 0) is 29.8 Å². The molecule has 1 heterocycles. The number of benzene rings is 1. The van der Waals surface area contributed by atoms with Crippen molar-refractivity contribution < 1.29 is 9.13 Å². The molecular weight excluding hydrogens is 219 g/mol. The van der Waals surface area contributed by atoms with Crippen molar-refractivity contribution in [1.82, 2.24) is 4.98 Å². The van der Waals surface area contributed by atoms with Crippen molar-refractivity contribution in [3.8, 4) is 5.75 Å². The Kier molecular flexibility index (Phi) is 3.67. The van der Waals surface area contributed by atoms with Crippen LogP contribution in [-0.2, 0) is 0 Å². The van der Waals surface area contributed by atoms with Gasteiger partial charge >= 0.3 is 0 Å². The van der Waals surface area contributed by atoms with Gasteiger partial charge in [0.1, 0.15) is 18.2 Å². The minimum atomic E-state index is -0.356. The Bertz CT molecular complexity index is 476. The summed E-state index contributed by atoms with van der Waals surface area (Å²) in [5, 5.41) is 0. The minimum absolute atomic E-state index is 0.287. The number of hydrogen-bond donors (Lipinski definition) is 1. The van der Waals surface area contributed by atoms with Gasteiger partial charge in [0.05, 0.1) is 12.2 Å². The summed E-state index contributed by atoms with van der Waals surface area (Å²) < 4.78 is 18.4. The van der Waals surface area contributed by atoms with Crippen LogP contribution < -0.4 is 10.5 Å². The van der Waals surface area contributed by atoms with Crippen LogP contribution in [-0.4, -0.2) is 11.6 Å². The van der Waals surface area contributed by atoms with E-state index in [0.717, 1.165) is 0 Å². The Labute approximate surface area is 99.1 Å². The number of rotatable bonds is 4. The quantitative estimate of drug-likeness (QED) is 0.879. The SMILES string of the molecule is NC(COc1cccnc1)c1cccc(F)c1. The number of nitrogens with zero attached hydrogens (tertiary/aromatic N) is 1. The zero-order valence-electron chi connectivity index (χ0n) is 9.21. The highest BCUT2D eigenvalue weighted by Crippen LogP contribution is 2.14. The lowest BCUT2D eigenvalue weighted by atomic mass is 10.1. The fourth-order valence-electron chi connectivity index (χ4n) is 1.45. The molecule has 1 atom stereocenters. The molecule has 1 unspecified atom stereocenters. The van der Waals surface area contributed by atoms with E-state index < -0.39 is 0 Å². The Balaban J connectivity index is 1.96. The number of nitrogens with two attached hydrogens (primary N) is 1. The number of hydrogen-bond acceptors (Lipinski definition) is 3. The van der Waals surface area contributed by atoms with Crippen LogP contribution in [0.2, 0.25) is 0 Å². The van der Waals surface area contributed by atoms with Gasteiger partial charge in [-0.1, -0.05) is 12.1 Å². The average molecular weight is 232 g/mol. The lowest BCUT2D eigenvalue weighted by Crippen LogP contribution is -2.19. The molecule has 1 aromatic heterocycles. The highest BCUT2D eigenvalue weighted by atomic mass is 19.1. The van der Waals surface area contributed by atoms with Crippen LogP contribution in [0.15, 0.2) is 48.8 Å². The second-order valence-electron chi connectivity index (χ2n) is 3.66. The molecule has 0 spiro atoms. The molecule has 0 bridgehead atoms. The fraction of sp³-hybridized carbons (Fsp3) is 0.154. The molecular formula is C13H13FN2O. The molecule has 2 aromatic rings. The zero-order valence-corrected chi connectivity index (χ0v) is 9.21. The van der Waals surface area contributed by atoms with Crippen molar-refractivity contribution >= 4 is 0 Å². The summed E-state index contributed by atoms with van der Waals surface area (Å²) in [7, 11) is 0. The number of halogens is 1. The molecule has 0 fully saturated rings. The van der Waals surface area contributed by atoms with Gasteiger partial charge in [0.25, 0.3) is 0 Å². The molecule has 0 radical (unpaired) electrons. The summed E-state index contributed by atoms with van der Waals surface area (Å²) >= 11 is 0. The lowest BCUT2D eigenvalue weighted by Gasteiger charge is -2.13. The topological polar surface area (TPSA) is 48.1 Å². The maximum Gasteiger partial charge on any atom is 0.137 e. The molecule has 2 N–H and O–H groups in total. The van der Waals surface area contributed by atoms with Crippen LogP contribution in [0.5, 0.6) is 5.75 Å². The van der Waals surface area contributed by atoms with Gasteiger partial charge in [-0.3, -0.25) is 4.98 Å². The third-order valence-corrected chi connectivity index (χ3v) is 2.34. The highest BCUT2D eigenvalue weighted by Gasteiger charge is 2.07. The summed E-state index contributed by atoms with van der Waals surface area (Å²) in [6.45, 7) is 0.287. The predicted octanol–water partition coefficient (Wildman–Crippen LogP) is 2.30. The van der Waals surface area contributed by atoms with E-state index in [0.29, 0.717) is 11.3 Å². The van der Waals surface area contributed by atoms with E-state index in [-0.39, 0.29) is 18.5 Å². The Morgan fingerprint density at radius 1 is 1.29 bits per heavy atom. The van der Waals surface area contributed by atoms with Crippen LogP contribution >= 0.6 is 0 Å². The van der Waals surface area contributed by atoms with E-state index in [1.54, 1.807) is 36.7 Å². The first-order chi connectivity index (χ1) is 8.25. The molecule has 0 aliphatic rings. The summed E-state index contributed by atoms with van der Waals surface area (Å²) in [6, 6.07) is 9.43. The predicted molar refractivity (Wildman–Crippen MR) is 63.1 cm³/mol. The average Bonchev–Trinajstić information content (AvgIpc) is 2.37. The van der Waals surface area contributed by atoms with Gasteiger partial charge in [-0.25, -0.2) is 4.39 Å². The lowest BCUT2D eigenvalue weighted by molar-refractivity contribution is 0.289. The Morgan fingerprint density at radius 2 is 2.18 bits per heavy atom. The summed E-state index contributed by atoms with van der Waals surface area (Å²) in [6.07, 6.45) is 3.28. The van der Waals surface area contributed by atoms with Crippen molar-refractivity contribution in [2.45, 2.75) is 6.04 Å². The second kappa shape index (κ2) is 5.41. The Hall–Kier alpha value is -1.94. The van der Waals surface area contributed by atoms with Crippen molar-refractivity contribution in [1.29, 1.82) is 0 Å². The number of ether oxygens (including phenoxy) is 1. The van der Waals surface area contributed by atoms with Crippen LogP contribution in [0.4, 0.5) is 4.39 Å². The van der Waals surface area contributed by atoms with Gasteiger partial charge in [-0.15, -0.1) is 0 Å². The number of pyridine rings is 1. The van der Waals surface area contributed by atoms with Gasteiger partial charge in [0.2, 0.25) is 0 Å². The van der Waals surface area contributed by atoms with Crippen molar-refractivity contribution in [3.63, 3.8) is 0 Å². The Morgan fingerprint density at radius 3 is 2.88 bits per heavy atom. The van der Waals surface area contributed by atoms with Gasteiger partial charge < -0.3 is 10.5 Å².